The molecule has 1 rings (SSSR count). The second-order valence-corrected chi connectivity index (χ2v) is 5.34. The molecule has 19 heavy (non-hydrogen) atoms. The van der Waals surface area contributed by atoms with E-state index < -0.39 is 0 Å². The van der Waals surface area contributed by atoms with E-state index in [0.29, 0.717) is 16.1 Å². The number of rotatable bonds is 9. The zero-order valence-corrected chi connectivity index (χ0v) is 13.2. The molecule has 2 nitrogen and oxygen atoms in total. The number of hydrogen-bond donors (Lipinski definition) is 1. The molecule has 0 heterocycles. The lowest BCUT2D eigenvalue weighted by Crippen LogP contribution is -2.33. The SMILES string of the molecule is CCCNC(CCOCC)Cc1cccc(Cl)c1Cl. The summed E-state index contributed by atoms with van der Waals surface area (Å²) in [7, 11) is 0. The summed E-state index contributed by atoms with van der Waals surface area (Å²) in [5, 5.41) is 4.84. The summed E-state index contributed by atoms with van der Waals surface area (Å²) < 4.78 is 5.44. The molecule has 0 amide bonds. The molecule has 0 spiro atoms. The van der Waals surface area contributed by atoms with Crippen LogP contribution in [0.1, 0.15) is 32.3 Å². The maximum atomic E-state index is 6.24. The fourth-order valence-corrected chi connectivity index (χ4v) is 2.36. The van der Waals surface area contributed by atoms with Crippen LogP contribution in [0.3, 0.4) is 0 Å². The van der Waals surface area contributed by atoms with Gasteiger partial charge in [-0.05, 0) is 44.4 Å². The van der Waals surface area contributed by atoms with E-state index in [4.69, 9.17) is 27.9 Å². The van der Waals surface area contributed by atoms with Crippen molar-refractivity contribution in [3.05, 3.63) is 33.8 Å². The van der Waals surface area contributed by atoms with Gasteiger partial charge in [0.25, 0.3) is 0 Å². The molecular weight excluding hydrogens is 281 g/mol. The molecule has 0 fully saturated rings. The first kappa shape index (κ1) is 16.8. The Morgan fingerprint density at radius 2 is 2.05 bits per heavy atom. The largest absolute Gasteiger partial charge is 0.382 e. The quantitative estimate of drug-likeness (QED) is 0.686. The van der Waals surface area contributed by atoms with Crippen LogP contribution in [0.2, 0.25) is 10.0 Å². The van der Waals surface area contributed by atoms with Gasteiger partial charge < -0.3 is 10.1 Å². The summed E-state index contributed by atoms with van der Waals surface area (Å²) >= 11 is 12.3. The zero-order valence-electron chi connectivity index (χ0n) is 11.7. The monoisotopic (exact) mass is 303 g/mol. The first-order valence-corrected chi connectivity index (χ1v) is 7.68. The normalized spacial score (nSPS) is 12.6. The Balaban J connectivity index is 2.61. The predicted molar refractivity (Wildman–Crippen MR) is 83.4 cm³/mol. The second-order valence-electron chi connectivity index (χ2n) is 4.55. The Morgan fingerprint density at radius 1 is 1.26 bits per heavy atom. The van der Waals surface area contributed by atoms with Crippen molar-refractivity contribution in [2.75, 3.05) is 19.8 Å². The fourth-order valence-electron chi connectivity index (χ4n) is 1.97. The topological polar surface area (TPSA) is 21.3 Å². The van der Waals surface area contributed by atoms with E-state index in [-0.39, 0.29) is 0 Å². The summed E-state index contributed by atoms with van der Waals surface area (Å²) in [6.07, 6.45) is 2.98. The van der Waals surface area contributed by atoms with E-state index in [1.54, 1.807) is 0 Å². The van der Waals surface area contributed by atoms with E-state index in [9.17, 15) is 0 Å². The van der Waals surface area contributed by atoms with Gasteiger partial charge in [0.15, 0.2) is 0 Å². The zero-order chi connectivity index (χ0) is 14.1. The molecule has 108 valence electrons. The number of nitrogens with one attached hydrogen (secondary N) is 1. The molecule has 1 unspecified atom stereocenters. The highest BCUT2D eigenvalue weighted by Crippen LogP contribution is 2.26. The Hall–Kier alpha value is -0.280. The Morgan fingerprint density at radius 3 is 2.74 bits per heavy atom. The van der Waals surface area contributed by atoms with Gasteiger partial charge in [-0.25, -0.2) is 0 Å². The highest BCUT2D eigenvalue weighted by Gasteiger charge is 2.12. The molecule has 0 aromatic heterocycles. The average Bonchev–Trinajstić information content (AvgIpc) is 2.41. The minimum atomic E-state index is 0.377. The van der Waals surface area contributed by atoms with Crippen molar-refractivity contribution in [2.45, 2.75) is 39.2 Å². The van der Waals surface area contributed by atoms with Crippen molar-refractivity contribution in [2.24, 2.45) is 0 Å². The summed E-state index contributed by atoms with van der Waals surface area (Å²) in [6.45, 7) is 6.73. The van der Waals surface area contributed by atoms with Crippen LogP contribution in [0.25, 0.3) is 0 Å². The third kappa shape index (κ3) is 6.13. The van der Waals surface area contributed by atoms with Gasteiger partial charge in [-0.3, -0.25) is 0 Å². The average molecular weight is 304 g/mol. The Bertz CT molecular complexity index is 371. The number of ether oxygens (including phenoxy) is 1. The van der Waals surface area contributed by atoms with Crippen LogP contribution >= 0.6 is 23.2 Å². The Labute approximate surface area is 126 Å². The van der Waals surface area contributed by atoms with Crippen LogP contribution in [0, 0.1) is 0 Å². The molecule has 1 atom stereocenters. The lowest BCUT2D eigenvalue weighted by atomic mass is 10.0. The molecule has 0 aliphatic carbocycles. The molecule has 0 saturated heterocycles. The minimum Gasteiger partial charge on any atom is -0.382 e. The van der Waals surface area contributed by atoms with Crippen LogP contribution < -0.4 is 5.32 Å². The van der Waals surface area contributed by atoms with Gasteiger partial charge in [-0.2, -0.15) is 0 Å². The highest BCUT2D eigenvalue weighted by molar-refractivity contribution is 6.42. The number of benzene rings is 1. The summed E-state index contributed by atoms with van der Waals surface area (Å²) in [6, 6.07) is 6.18. The molecule has 0 bridgehead atoms. The van der Waals surface area contributed by atoms with E-state index in [1.807, 2.05) is 25.1 Å². The number of halogens is 2. The summed E-state index contributed by atoms with van der Waals surface area (Å²) in [5.41, 5.74) is 1.10. The van der Waals surface area contributed by atoms with Gasteiger partial charge in [0.1, 0.15) is 0 Å². The van der Waals surface area contributed by atoms with E-state index in [1.165, 1.54) is 0 Å². The third-order valence-electron chi connectivity index (χ3n) is 3.00. The minimum absolute atomic E-state index is 0.377. The highest BCUT2D eigenvalue weighted by atomic mass is 35.5. The predicted octanol–water partition coefficient (Wildman–Crippen LogP) is 4.33. The first-order chi connectivity index (χ1) is 9.19. The summed E-state index contributed by atoms with van der Waals surface area (Å²) in [4.78, 5) is 0. The smallest absolute Gasteiger partial charge is 0.0624 e. The van der Waals surface area contributed by atoms with E-state index >= 15 is 0 Å². The van der Waals surface area contributed by atoms with Crippen LogP contribution in [0.4, 0.5) is 0 Å². The molecule has 0 aliphatic rings. The van der Waals surface area contributed by atoms with Gasteiger partial charge in [0.2, 0.25) is 0 Å². The summed E-state index contributed by atoms with van der Waals surface area (Å²) in [5.74, 6) is 0. The van der Waals surface area contributed by atoms with Crippen molar-refractivity contribution < 1.29 is 4.74 Å². The molecular formula is C15H23Cl2NO. The molecule has 4 heteroatoms. The van der Waals surface area contributed by atoms with Gasteiger partial charge in [-0.15, -0.1) is 0 Å². The molecule has 0 aliphatic heterocycles. The second kappa shape index (κ2) is 9.60. The van der Waals surface area contributed by atoms with Crippen LogP contribution in [-0.4, -0.2) is 25.8 Å². The van der Waals surface area contributed by atoms with Crippen LogP contribution in [0.15, 0.2) is 18.2 Å². The van der Waals surface area contributed by atoms with E-state index in [2.05, 4.69) is 12.2 Å². The van der Waals surface area contributed by atoms with Gasteiger partial charge in [-0.1, -0.05) is 42.3 Å². The lowest BCUT2D eigenvalue weighted by molar-refractivity contribution is 0.136. The molecule has 0 radical (unpaired) electrons. The maximum absolute atomic E-state index is 6.24. The van der Waals surface area contributed by atoms with Crippen LogP contribution in [-0.2, 0) is 11.2 Å². The third-order valence-corrected chi connectivity index (χ3v) is 3.85. The molecule has 1 N–H and O–H groups in total. The van der Waals surface area contributed by atoms with Crippen molar-refractivity contribution in [3.63, 3.8) is 0 Å². The molecule has 1 aromatic rings. The van der Waals surface area contributed by atoms with Crippen molar-refractivity contribution in [1.82, 2.24) is 5.32 Å². The van der Waals surface area contributed by atoms with Gasteiger partial charge in [0.05, 0.1) is 10.0 Å². The molecule has 1 aromatic carbocycles. The number of hydrogen-bond acceptors (Lipinski definition) is 2. The Kier molecular flexibility index (Phi) is 8.47. The van der Waals surface area contributed by atoms with E-state index in [0.717, 1.165) is 44.6 Å². The van der Waals surface area contributed by atoms with Gasteiger partial charge in [0, 0.05) is 19.3 Å². The first-order valence-electron chi connectivity index (χ1n) is 6.93. The van der Waals surface area contributed by atoms with Crippen LogP contribution in [0.5, 0.6) is 0 Å². The molecule has 0 saturated carbocycles. The van der Waals surface area contributed by atoms with Gasteiger partial charge >= 0.3 is 0 Å². The van der Waals surface area contributed by atoms with Crippen molar-refractivity contribution >= 4 is 23.2 Å². The van der Waals surface area contributed by atoms with Crippen molar-refractivity contribution in [1.29, 1.82) is 0 Å². The van der Waals surface area contributed by atoms with Crippen molar-refractivity contribution in [3.8, 4) is 0 Å². The lowest BCUT2D eigenvalue weighted by Gasteiger charge is -2.19. The fraction of sp³-hybridized carbons (Fsp3) is 0.600. The maximum Gasteiger partial charge on any atom is 0.0624 e. The standard InChI is InChI=1S/C15H23Cl2NO/c1-3-9-18-13(8-10-19-4-2)11-12-6-5-7-14(16)15(12)17/h5-7,13,18H,3-4,8-11H2,1-2H3.